The van der Waals surface area contributed by atoms with Crippen molar-refractivity contribution in [1.29, 1.82) is 0 Å². The van der Waals surface area contributed by atoms with Crippen LogP contribution >= 0.6 is 0 Å². The quantitative estimate of drug-likeness (QED) is 0.735. The van der Waals surface area contributed by atoms with Crippen LogP contribution in [0.3, 0.4) is 0 Å². The molecule has 3 nitrogen and oxygen atoms in total. The lowest BCUT2D eigenvalue weighted by Gasteiger charge is -2.39. The van der Waals surface area contributed by atoms with Gasteiger partial charge < -0.3 is 9.88 Å². The molecule has 1 N–H and O–H groups in total. The number of anilines is 1. The Morgan fingerprint density at radius 3 is 2.39 bits per heavy atom. The van der Waals surface area contributed by atoms with Crippen molar-refractivity contribution in [1.82, 2.24) is 4.98 Å². The minimum Gasteiger partial charge on any atom is -0.359 e. The Morgan fingerprint density at radius 2 is 1.70 bits per heavy atom. The summed E-state index contributed by atoms with van der Waals surface area (Å²) in [4.78, 5) is 18.0. The number of aromatic nitrogens is 1. The number of para-hydroxylation sites is 1. The van der Waals surface area contributed by atoms with E-state index in [9.17, 15) is 4.79 Å². The molecule has 3 heteroatoms. The molecular formula is C20H22N2O. The van der Waals surface area contributed by atoms with Gasteiger partial charge >= 0.3 is 0 Å². The number of nitrogens with one attached hydrogen (secondary N) is 1. The van der Waals surface area contributed by atoms with Crippen molar-refractivity contribution < 1.29 is 4.79 Å². The predicted molar refractivity (Wildman–Crippen MR) is 95.5 cm³/mol. The molecule has 1 heterocycles. The second-order valence-corrected chi connectivity index (χ2v) is 6.23. The third-order valence-electron chi connectivity index (χ3n) is 4.40. The van der Waals surface area contributed by atoms with E-state index in [1.54, 1.807) is 0 Å². The zero-order valence-corrected chi connectivity index (χ0v) is 13.8. The Balaban J connectivity index is 2.17. The minimum absolute atomic E-state index is 0.114. The van der Waals surface area contributed by atoms with Gasteiger partial charge in [0, 0.05) is 23.5 Å². The molecule has 0 unspecified atom stereocenters. The molecule has 0 saturated heterocycles. The topological polar surface area (TPSA) is 36.1 Å². The fourth-order valence-electron chi connectivity index (χ4n) is 3.12. The van der Waals surface area contributed by atoms with Gasteiger partial charge in [-0.15, -0.1) is 0 Å². The van der Waals surface area contributed by atoms with Crippen molar-refractivity contribution in [3.8, 4) is 0 Å². The van der Waals surface area contributed by atoms with E-state index in [4.69, 9.17) is 0 Å². The first-order chi connectivity index (χ1) is 11.1. The third kappa shape index (κ3) is 2.63. The molecule has 0 aliphatic rings. The number of hydrogen-bond acceptors (Lipinski definition) is 1. The highest BCUT2D eigenvalue weighted by atomic mass is 16.2. The van der Waals surface area contributed by atoms with Gasteiger partial charge in [-0.1, -0.05) is 55.5 Å². The highest BCUT2D eigenvalue weighted by molar-refractivity contribution is 6.04. The number of carbonyl (C=O) groups excluding carboxylic acids is 1. The van der Waals surface area contributed by atoms with Crippen molar-refractivity contribution in [3.63, 3.8) is 0 Å². The summed E-state index contributed by atoms with van der Waals surface area (Å²) < 4.78 is 0. The van der Waals surface area contributed by atoms with Crippen LogP contribution in [0.15, 0.2) is 60.8 Å². The van der Waals surface area contributed by atoms with Crippen LogP contribution in [0, 0.1) is 0 Å². The summed E-state index contributed by atoms with van der Waals surface area (Å²) in [6, 6.07) is 18.3. The second-order valence-electron chi connectivity index (χ2n) is 6.23. The molecule has 1 amide bonds. The normalized spacial score (nSPS) is 11.6. The van der Waals surface area contributed by atoms with Crippen molar-refractivity contribution in [2.24, 2.45) is 0 Å². The summed E-state index contributed by atoms with van der Waals surface area (Å²) in [6.45, 7) is 6.10. The standard InChI is InChI=1S/C20H22N2O/c1-4-19(23)22(20(2,3)15-10-6-5-7-11-15)18-14-21-17-13-9-8-12-16(17)18/h5-14,21H,4H2,1-3H3. The summed E-state index contributed by atoms with van der Waals surface area (Å²) in [5.41, 5.74) is 2.66. The number of amides is 1. The van der Waals surface area contributed by atoms with Gasteiger partial charge in [-0.2, -0.15) is 0 Å². The smallest absolute Gasteiger partial charge is 0.227 e. The summed E-state index contributed by atoms with van der Waals surface area (Å²) in [6.07, 6.45) is 2.40. The summed E-state index contributed by atoms with van der Waals surface area (Å²) >= 11 is 0. The van der Waals surface area contributed by atoms with E-state index in [2.05, 4.69) is 37.0 Å². The zero-order valence-electron chi connectivity index (χ0n) is 13.8. The molecule has 2 aromatic carbocycles. The SMILES string of the molecule is CCC(=O)N(c1c[nH]c2ccccc12)C(C)(C)c1ccccc1. The largest absolute Gasteiger partial charge is 0.359 e. The molecule has 3 rings (SSSR count). The monoisotopic (exact) mass is 306 g/mol. The fraction of sp³-hybridized carbons (Fsp3) is 0.250. The molecule has 118 valence electrons. The number of carbonyl (C=O) groups is 1. The van der Waals surface area contributed by atoms with E-state index in [0.29, 0.717) is 6.42 Å². The van der Waals surface area contributed by atoms with Crippen LogP contribution in [0.4, 0.5) is 5.69 Å². The van der Waals surface area contributed by atoms with Crippen LogP contribution < -0.4 is 4.90 Å². The number of rotatable bonds is 4. The number of benzene rings is 2. The molecule has 0 radical (unpaired) electrons. The Kier molecular flexibility index (Phi) is 3.95. The van der Waals surface area contributed by atoms with Crippen molar-refractivity contribution in [2.75, 3.05) is 4.90 Å². The first kappa shape index (κ1) is 15.3. The highest BCUT2D eigenvalue weighted by Gasteiger charge is 2.34. The average Bonchev–Trinajstić information content (AvgIpc) is 2.99. The lowest BCUT2D eigenvalue weighted by Crippen LogP contribution is -2.45. The van der Waals surface area contributed by atoms with E-state index in [1.165, 1.54) is 0 Å². The van der Waals surface area contributed by atoms with Crippen LogP contribution in [0.2, 0.25) is 0 Å². The van der Waals surface area contributed by atoms with E-state index in [-0.39, 0.29) is 5.91 Å². The summed E-state index contributed by atoms with van der Waals surface area (Å²) in [7, 11) is 0. The third-order valence-corrected chi connectivity index (χ3v) is 4.40. The molecule has 1 aromatic heterocycles. The Hall–Kier alpha value is -2.55. The van der Waals surface area contributed by atoms with Crippen LogP contribution in [0.1, 0.15) is 32.8 Å². The van der Waals surface area contributed by atoms with Gasteiger partial charge in [-0.3, -0.25) is 4.79 Å². The Morgan fingerprint density at radius 1 is 1.04 bits per heavy atom. The van der Waals surface area contributed by atoms with Gasteiger partial charge in [0.05, 0.1) is 11.2 Å². The lowest BCUT2D eigenvalue weighted by molar-refractivity contribution is -0.119. The van der Waals surface area contributed by atoms with Gasteiger partial charge in [0.2, 0.25) is 5.91 Å². The number of aromatic amines is 1. The number of H-pyrrole nitrogens is 1. The van der Waals surface area contributed by atoms with Gasteiger partial charge in [0.25, 0.3) is 0 Å². The number of hydrogen-bond donors (Lipinski definition) is 1. The van der Waals surface area contributed by atoms with E-state index >= 15 is 0 Å². The van der Waals surface area contributed by atoms with Gasteiger partial charge in [0.1, 0.15) is 0 Å². The molecule has 0 fully saturated rings. The highest BCUT2D eigenvalue weighted by Crippen LogP contribution is 2.37. The first-order valence-corrected chi connectivity index (χ1v) is 8.00. The maximum atomic E-state index is 12.8. The molecular weight excluding hydrogens is 284 g/mol. The predicted octanol–water partition coefficient (Wildman–Crippen LogP) is 4.85. The first-order valence-electron chi connectivity index (χ1n) is 8.00. The van der Waals surface area contributed by atoms with Gasteiger partial charge in [0.15, 0.2) is 0 Å². The molecule has 3 aromatic rings. The molecule has 0 saturated carbocycles. The Bertz CT molecular complexity index is 818. The fourth-order valence-corrected chi connectivity index (χ4v) is 3.12. The lowest BCUT2D eigenvalue weighted by atomic mass is 9.91. The van der Waals surface area contributed by atoms with Crippen molar-refractivity contribution in [2.45, 2.75) is 32.7 Å². The molecule has 0 bridgehead atoms. The van der Waals surface area contributed by atoms with Crippen LogP contribution in [-0.2, 0) is 10.3 Å². The van der Waals surface area contributed by atoms with Crippen LogP contribution in [-0.4, -0.2) is 10.9 Å². The van der Waals surface area contributed by atoms with Crippen LogP contribution in [0.25, 0.3) is 10.9 Å². The maximum absolute atomic E-state index is 12.8. The van der Waals surface area contributed by atoms with Gasteiger partial charge in [-0.25, -0.2) is 0 Å². The Labute approximate surface area is 136 Å². The number of fused-ring (bicyclic) bond motifs is 1. The maximum Gasteiger partial charge on any atom is 0.227 e. The summed E-state index contributed by atoms with van der Waals surface area (Å²) in [5, 5.41) is 1.07. The zero-order chi connectivity index (χ0) is 16.4. The van der Waals surface area contributed by atoms with Crippen LogP contribution in [0.5, 0.6) is 0 Å². The number of nitrogens with zero attached hydrogens (tertiary/aromatic N) is 1. The minimum atomic E-state index is -0.431. The molecule has 0 spiro atoms. The van der Waals surface area contributed by atoms with E-state index in [1.807, 2.05) is 54.4 Å². The molecule has 0 aliphatic carbocycles. The molecule has 0 aliphatic heterocycles. The summed E-state index contributed by atoms with van der Waals surface area (Å²) in [5.74, 6) is 0.114. The average molecular weight is 306 g/mol. The van der Waals surface area contributed by atoms with Crippen molar-refractivity contribution >= 4 is 22.5 Å². The van der Waals surface area contributed by atoms with Crippen molar-refractivity contribution in [3.05, 3.63) is 66.4 Å². The second kappa shape index (κ2) is 5.92. The van der Waals surface area contributed by atoms with Gasteiger partial charge in [-0.05, 0) is 25.5 Å². The van der Waals surface area contributed by atoms with E-state index < -0.39 is 5.54 Å². The molecule has 23 heavy (non-hydrogen) atoms. The molecule has 0 atom stereocenters. The van der Waals surface area contributed by atoms with E-state index in [0.717, 1.165) is 22.2 Å².